The van der Waals surface area contributed by atoms with Crippen molar-refractivity contribution < 1.29 is 9.90 Å². The van der Waals surface area contributed by atoms with E-state index in [1.165, 1.54) is 0 Å². The fourth-order valence-electron chi connectivity index (χ4n) is 1.56. The van der Waals surface area contributed by atoms with Crippen LogP contribution in [0.15, 0.2) is 47.1 Å². The Morgan fingerprint density at radius 2 is 1.95 bits per heavy atom. The highest BCUT2D eigenvalue weighted by Crippen LogP contribution is 2.14. The summed E-state index contributed by atoms with van der Waals surface area (Å²) >= 11 is 3.32. The minimum Gasteiger partial charge on any atom is -0.395 e. The van der Waals surface area contributed by atoms with E-state index in [1.807, 2.05) is 12.1 Å². The van der Waals surface area contributed by atoms with Gasteiger partial charge in [-0.2, -0.15) is 0 Å². The van der Waals surface area contributed by atoms with E-state index in [-0.39, 0.29) is 12.5 Å². The summed E-state index contributed by atoms with van der Waals surface area (Å²) in [5, 5.41) is 14.4. The average Bonchev–Trinajstić information content (AvgIpc) is 2.47. The summed E-state index contributed by atoms with van der Waals surface area (Å²) < 4.78 is 0.926. The predicted octanol–water partition coefficient (Wildman–Crippen LogP) is 2.50. The Hall–Kier alpha value is -1.92. The number of carbonyl (C=O) groups is 1. The standard InChI is InChI=1S/C14H14BrN3O2/c15-11-3-1-10(2-4-11)14(20)18-12-5-6-13(17-9-12)16-7-8-19/h1-6,9,19H,7-8H2,(H,16,17)(H,18,20). The second kappa shape index (κ2) is 7.02. The molecular formula is C14H14BrN3O2. The van der Waals surface area contributed by atoms with Gasteiger partial charge < -0.3 is 15.7 Å². The van der Waals surface area contributed by atoms with Crippen LogP contribution < -0.4 is 10.6 Å². The van der Waals surface area contributed by atoms with Crippen LogP contribution in [0.4, 0.5) is 11.5 Å². The molecule has 0 spiro atoms. The van der Waals surface area contributed by atoms with Crippen LogP contribution in [-0.2, 0) is 0 Å². The lowest BCUT2D eigenvalue weighted by atomic mass is 10.2. The maximum atomic E-state index is 12.0. The van der Waals surface area contributed by atoms with Crippen LogP contribution in [0.3, 0.4) is 0 Å². The molecule has 0 saturated carbocycles. The molecule has 104 valence electrons. The van der Waals surface area contributed by atoms with E-state index >= 15 is 0 Å². The molecule has 5 nitrogen and oxygen atoms in total. The average molecular weight is 336 g/mol. The van der Waals surface area contributed by atoms with Gasteiger partial charge in [0.1, 0.15) is 5.82 Å². The zero-order chi connectivity index (χ0) is 14.4. The Kier molecular flexibility index (Phi) is 5.09. The molecule has 3 N–H and O–H groups in total. The molecule has 1 aromatic carbocycles. The van der Waals surface area contributed by atoms with Crippen molar-refractivity contribution in [3.05, 3.63) is 52.6 Å². The minimum absolute atomic E-state index is 0.0454. The van der Waals surface area contributed by atoms with Crippen molar-refractivity contribution in [2.45, 2.75) is 0 Å². The number of benzene rings is 1. The van der Waals surface area contributed by atoms with Crippen molar-refractivity contribution in [2.75, 3.05) is 23.8 Å². The number of nitrogens with one attached hydrogen (secondary N) is 2. The zero-order valence-electron chi connectivity index (χ0n) is 10.6. The molecule has 2 aromatic rings. The van der Waals surface area contributed by atoms with E-state index in [0.717, 1.165) is 4.47 Å². The third kappa shape index (κ3) is 4.04. The fourth-order valence-corrected chi connectivity index (χ4v) is 1.83. The first-order chi connectivity index (χ1) is 9.69. The first-order valence-corrected chi connectivity index (χ1v) is 6.86. The molecule has 0 bridgehead atoms. The maximum absolute atomic E-state index is 12.0. The Morgan fingerprint density at radius 3 is 2.55 bits per heavy atom. The van der Waals surface area contributed by atoms with Crippen LogP contribution >= 0.6 is 15.9 Å². The summed E-state index contributed by atoms with van der Waals surface area (Å²) in [4.78, 5) is 16.1. The molecule has 0 radical (unpaired) electrons. The van der Waals surface area contributed by atoms with Gasteiger partial charge in [0.15, 0.2) is 0 Å². The van der Waals surface area contributed by atoms with Gasteiger partial charge in [0.2, 0.25) is 0 Å². The Bertz CT molecular complexity index is 570. The number of hydrogen-bond donors (Lipinski definition) is 3. The lowest BCUT2D eigenvalue weighted by molar-refractivity contribution is 0.102. The summed E-state index contributed by atoms with van der Waals surface area (Å²) in [5.74, 6) is 0.469. The van der Waals surface area contributed by atoms with Crippen molar-refractivity contribution in [3.63, 3.8) is 0 Å². The number of rotatable bonds is 5. The van der Waals surface area contributed by atoms with Gasteiger partial charge in [-0.05, 0) is 36.4 Å². The van der Waals surface area contributed by atoms with E-state index < -0.39 is 0 Å². The largest absolute Gasteiger partial charge is 0.395 e. The van der Waals surface area contributed by atoms with Gasteiger partial charge in [-0.3, -0.25) is 4.79 Å². The first kappa shape index (κ1) is 14.5. The van der Waals surface area contributed by atoms with E-state index in [4.69, 9.17) is 5.11 Å². The second-order valence-electron chi connectivity index (χ2n) is 4.04. The van der Waals surface area contributed by atoms with Gasteiger partial charge in [0.25, 0.3) is 5.91 Å². The van der Waals surface area contributed by atoms with Crippen molar-refractivity contribution in [1.29, 1.82) is 0 Å². The normalized spacial score (nSPS) is 10.1. The smallest absolute Gasteiger partial charge is 0.255 e. The molecule has 1 amide bonds. The second-order valence-corrected chi connectivity index (χ2v) is 4.96. The van der Waals surface area contributed by atoms with Crippen LogP contribution in [0.25, 0.3) is 0 Å². The molecule has 0 fully saturated rings. The SMILES string of the molecule is O=C(Nc1ccc(NCCO)nc1)c1ccc(Br)cc1. The Labute approximate surface area is 125 Å². The molecule has 0 aliphatic rings. The molecule has 1 aromatic heterocycles. The lowest BCUT2D eigenvalue weighted by Gasteiger charge is -2.07. The third-order valence-electron chi connectivity index (χ3n) is 2.55. The van der Waals surface area contributed by atoms with Crippen molar-refractivity contribution >= 4 is 33.3 Å². The van der Waals surface area contributed by atoms with Crippen LogP contribution in [0.5, 0.6) is 0 Å². The van der Waals surface area contributed by atoms with Crippen LogP contribution in [0, 0.1) is 0 Å². The molecule has 2 rings (SSSR count). The lowest BCUT2D eigenvalue weighted by Crippen LogP contribution is -2.12. The third-order valence-corrected chi connectivity index (χ3v) is 3.07. The Balaban J connectivity index is 1.99. The summed E-state index contributed by atoms with van der Waals surface area (Å²) in [6, 6.07) is 10.6. The van der Waals surface area contributed by atoms with Gasteiger partial charge in [0, 0.05) is 16.6 Å². The molecular weight excluding hydrogens is 322 g/mol. The van der Waals surface area contributed by atoms with E-state index in [0.29, 0.717) is 23.6 Å². The maximum Gasteiger partial charge on any atom is 0.255 e. The number of aliphatic hydroxyl groups excluding tert-OH is 1. The van der Waals surface area contributed by atoms with Gasteiger partial charge in [-0.15, -0.1) is 0 Å². The molecule has 0 unspecified atom stereocenters. The summed E-state index contributed by atoms with van der Waals surface area (Å²) in [6.07, 6.45) is 1.57. The number of aromatic nitrogens is 1. The number of anilines is 2. The van der Waals surface area contributed by atoms with Gasteiger partial charge in [0.05, 0.1) is 18.5 Å². The van der Waals surface area contributed by atoms with E-state index in [9.17, 15) is 4.79 Å². The number of aliphatic hydroxyl groups is 1. The number of halogens is 1. The summed E-state index contributed by atoms with van der Waals surface area (Å²) in [6.45, 7) is 0.487. The quantitative estimate of drug-likeness (QED) is 0.784. The molecule has 1 heterocycles. The topological polar surface area (TPSA) is 74.2 Å². The van der Waals surface area contributed by atoms with Crippen molar-refractivity contribution in [2.24, 2.45) is 0 Å². The number of hydrogen-bond acceptors (Lipinski definition) is 4. The molecule has 6 heteroatoms. The van der Waals surface area contributed by atoms with Gasteiger partial charge >= 0.3 is 0 Å². The van der Waals surface area contributed by atoms with Gasteiger partial charge in [-0.25, -0.2) is 4.98 Å². The predicted molar refractivity (Wildman–Crippen MR) is 81.9 cm³/mol. The number of nitrogens with zero attached hydrogens (tertiary/aromatic N) is 1. The number of amides is 1. The van der Waals surface area contributed by atoms with Crippen LogP contribution in [0.2, 0.25) is 0 Å². The summed E-state index contributed by atoms with van der Waals surface area (Å²) in [7, 11) is 0. The number of carbonyl (C=O) groups excluding carboxylic acids is 1. The minimum atomic E-state index is -0.185. The zero-order valence-corrected chi connectivity index (χ0v) is 12.2. The van der Waals surface area contributed by atoms with Crippen LogP contribution in [-0.4, -0.2) is 29.1 Å². The van der Waals surface area contributed by atoms with Crippen LogP contribution in [0.1, 0.15) is 10.4 Å². The fraction of sp³-hybridized carbons (Fsp3) is 0.143. The molecule has 0 saturated heterocycles. The molecule has 0 atom stereocenters. The summed E-state index contributed by atoms with van der Waals surface area (Å²) in [5.41, 5.74) is 1.20. The Morgan fingerprint density at radius 1 is 1.20 bits per heavy atom. The van der Waals surface area contributed by atoms with Crippen molar-refractivity contribution in [1.82, 2.24) is 4.98 Å². The molecule has 20 heavy (non-hydrogen) atoms. The van der Waals surface area contributed by atoms with Gasteiger partial charge in [-0.1, -0.05) is 15.9 Å². The highest BCUT2D eigenvalue weighted by molar-refractivity contribution is 9.10. The first-order valence-electron chi connectivity index (χ1n) is 6.07. The molecule has 0 aliphatic carbocycles. The van der Waals surface area contributed by atoms with E-state index in [2.05, 4.69) is 31.5 Å². The van der Waals surface area contributed by atoms with E-state index in [1.54, 1.807) is 30.5 Å². The molecule has 0 aliphatic heterocycles. The van der Waals surface area contributed by atoms with Crippen molar-refractivity contribution in [3.8, 4) is 0 Å². The monoisotopic (exact) mass is 335 g/mol. The number of pyridine rings is 1. The highest BCUT2D eigenvalue weighted by Gasteiger charge is 2.06. The highest BCUT2D eigenvalue weighted by atomic mass is 79.9.